The predicted octanol–water partition coefficient (Wildman–Crippen LogP) is 2.64. The SMILES string of the molecule is COc1cc(C(=O)N2CCCC2c2nc(C)cs2)cc(C=O)n1. The summed E-state index contributed by atoms with van der Waals surface area (Å²) in [6.07, 6.45) is 2.46. The fraction of sp³-hybridized carbons (Fsp3) is 0.375. The lowest BCUT2D eigenvalue weighted by Gasteiger charge is -2.23. The van der Waals surface area contributed by atoms with Gasteiger partial charge >= 0.3 is 0 Å². The minimum atomic E-state index is -0.121. The summed E-state index contributed by atoms with van der Waals surface area (Å²) in [7, 11) is 1.46. The summed E-state index contributed by atoms with van der Waals surface area (Å²) in [5.74, 6) is 0.142. The van der Waals surface area contributed by atoms with Gasteiger partial charge < -0.3 is 9.64 Å². The normalized spacial score (nSPS) is 17.3. The van der Waals surface area contributed by atoms with Crippen molar-refractivity contribution in [3.8, 4) is 5.88 Å². The zero-order valence-electron chi connectivity index (χ0n) is 13.0. The van der Waals surface area contributed by atoms with Gasteiger partial charge in [-0.25, -0.2) is 9.97 Å². The number of aldehydes is 1. The van der Waals surface area contributed by atoms with Crippen molar-refractivity contribution >= 4 is 23.5 Å². The van der Waals surface area contributed by atoms with Crippen molar-refractivity contribution in [2.75, 3.05) is 13.7 Å². The highest BCUT2D eigenvalue weighted by Gasteiger charge is 2.32. The molecule has 7 heteroatoms. The molecule has 2 aromatic rings. The summed E-state index contributed by atoms with van der Waals surface area (Å²) in [5.41, 5.74) is 1.57. The Balaban J connectivity index is 1.91. The Labute approximate surface area is 138 Å². The van der Waals surface area contributed by atoms with Gasteiger partial charge in [0.1, 0.15) is 10.7 Å². The number of carbonyl (C=O) groups is 2. The van der Waals surface area contributed by atoms with E-state index >= 15 is 0 Å². The van der Waals surface area contributed by atoms with Gasteiger partial charge in [-0.15, -0.1) is 11.3 Å². The van der Waals surface area contributed by atoms with E-state index < -0.39 is 0 Å². The highest BCUT2D eigenvalue weighted by molar-refractivity contribution is 7.09. The summed E-state index contributed by atoms with van der Waals surface area (Å²) in [5, 5.41) is 2.96. The molecule has 23 heavy (non-hydrogen) atoms. The van der Waals surface area contributed by atoms with Crippen LogP contribution in [-0.4, -0.2) is 40.7 Å². The smallest absolute Gasteiger partial charge is 0.254 e. The molecule has 3 rings (SSSR count). The van der Waals surface area contributed by atoms with Crippen molar-refractivity contribution in [2.24, 2.45) is 0 Å². The minimum Gasteiger partial charge on any atom is -0.481 e. The Bertz CT molecular complexity index is 744. The molecule has 1 amide bonds. The number of ether oxygens (including phenoxy) is 1. The molecule has 0 N–H and O–H groups in total. The highest BCUT2D eigenvalue weighted by Crippen LogP contribution is 2.35. The van der Waals surface area contributed by atoms with Crippen molar-refractivity contribution in [1.82, 2.24) is 14.9 Å². The van der Waals surface area contributed by atoms with Gasteiger partial charge in [0.25, 0.3) is 5.91 Å². The number of amides is 1. The number of likely N-dealkylation sites (tertiary alicyclic amines) is 1. The number of aryl methyl sites for hydroxylation is 1. The maximum absolute atomic E-state index is 12.9. The van der Waals surface area contributed by atoms with E-state index in [4.69, 9.17) is 4.74 Å². The molecule has 1 atom stereocenters. The molecule has 1 saturated heterocycles. The Morgan fingerprint density at radius 1 is 1.43 bits per heavy atom. The average Bonchev–Trinajstić information content (AvgIpc) is 3.22. The zero-order valence-corrected chi connectivity index (χ0v) is 13.8. The van der Waals surface area contributed by atoms with Crippen molar-refractivity contribution in [2.45, 2.75) is 25.8 Å². The van der Waals surface area contributed by atoms with E-state index in [1.807, 2.05) is 17.2 Å². The topological polar surface area (TPSA) is 72.4 Å². The lowest BCUT2D eigenvalue weighted by atomic mass is 10.1. The molecule has 0 aromatic carbocycles. The lowest BCUT2D eigenvalue weighted by Crippen LogP contribution is -2.30. The van der Waals surface area contributed by atoms with Crippen molar-refractivity contribution in [3.63, 3.8) is 0 Å². The van der Waals surface area contributed by atoms with Crippen molar-refractivity contribution in [1.29, 1.82) is 0 Å². The van der Waals surface area contributed by atoms with Gasteiger partial charge in [0.05, 0.1) is 13.2 Å². The molecule has 0 aliphatic carbocycles. The van der Waals surface area contributed by atoms with Crippen LogP contribution in [-0.2, 0) is 0 Å². The first-order chi connectivity index (χ1) is 11.1. The molecule has 2 aromatic heterocycles. The summed E-state index contributed by atoms with van der Waals surface area (Å²) in [6, 6.07) is 3.07. The number of carbonyl (C=O) groups excluding carboxylic acids is 2. The summed E-state index contributed by atoms with van der Waals surface area (Å²) >= 11 is 1.58. The van der Waals surface area contributed by atoms with E-state index in [1.54, 1.807) is 17.4 Å². The number of pyridine rings is 1. The number of hydrogen-bond donors (Lipinski definition) is 0. The monoisotopic (exact) mass is 331 g/mol. The third kappa shape index (κ3) is 3.10. The van der Waals surface area contributed by atoms with Crippen LogP contribution >= 0.6 is 11.3 Å². The van der Waals surface area contributed by atoms with Crippen LogP contribution in [0.4, 0.5) is 0 Å². The molecule has 0 radical (unpaired) electrons. The fourth-order valence-corrected chi connectivity index (χ4v) is 3.71. The van der Waals surface area contributed by atoms with Gasteiger partial charge in [0.2, 0.25) is 5.88 Å². The van der Waals surface area contributed by atoms with Crippen molar-refractivity contribution < 1.29 is 14.3 Å². The van der Waals surface area contributed by atoms with E-state index in [0.29, 0.717) is 18.4 Å². The van der Waals surface area contributed by atoms with Gasteiger partial charge in [-0.1, -0.05) is 0 Å². The first-order valence-corrected chi connectivity index (χ1v) is 8.24. The fourth-order valence-electron chi connectivity index (χ4n) is 2.77. The first kappa shape index (κ1) is 15.6. The van der Waals surface area contributed by atoms with Crippen LogP contribution in [0.2, 0.25) is 0 Å². The second-order valence-electron chi connectivity index (χ2n) is 5.42. The van der Waals surface area contributed by atoms with E-state index in [0.717, 1.165) is 23.5 Å². The van der Waals surface area contributed by atoms with Gasteiger partial charge in [0.15, 0.2) is 6.29 Å². The number of hydrogen-bond acceptors (Lipinski definition) is 6. The molecular formula is C16H17N3O3S. The Kier molecular flexibility index (Phi) is 4.38. The standard InChI is InChI=1S/C16H17N3O3S/c1-10-9-23-15(17-10)13-4-3-5-19(13)16(21)11-6-12(8-20)18-14(7-11)22-2/h6-9,13H,3-5H2,1-2H3. The quantitative estimate of drug-likeness (QED) is 0.805. The number of methoxy groups -OCH3 is 1. The Morgan fingerprint density at radius 3 is 2.91 bits per heavy atom. The lowest BCUT2D eigenvalue weighted by molar-refractivity contribution is 0.0735. The van der Waals surface area contributed by atoms with E-state index in [1.165, 1.54) is 13.2 Å². The van der Waals surface area contributed by atoms with Gasteiger partial charge in [-0.05, 0) is 25.8 Å². The highest BCUT2D eigenvalue weighted by atomic mass is 32.1. The Hall–Kier alpha value is -2.28. The zero-order chi connectivity index (χ0) is 16.4. The van der Waals surface area contributed by atoms with Crippen LogP contribution in [0.5, 0.6) is 5.88 Å². The van der Waals surface area contributed by atoms with Crippen molar-refractivity contribution in [3.05, 3.63) is 39.5 Å². The number of aromatic nitrogens is 2. The molecule has 3 heterocycles. The number of rotatable bonds is 4. The Morgan fingerprint density at radius 2 is 2.26 bits per heavy atom. The second kappa shape index (κ2) is 6.45. The molecule has 1 aliphatic rings. The maximum atomic E-state index is 12.9. The van der Waals surface area contributed by atoms with Crippen LogP contribution < -0.4 is 4.74 Å². The van der Waals surface area contributed by atoms with Crippen LogP contribution in [0.15, 0.2) is 17.5 Å². The van der Waals surface area contributed by atoms with Crippen LogP contribution in [0.25, 0.3) is 0 Å². The van der Waals surface area contributed by atoms with Gasteiger partial charge in [-0.2, -0.15) is 0 Å². The number of thiazole rings is 1. The molecular weight excluding hydrogens is 314 g/mol. The third-order valence-electron chi connectivity index (χ3n) is 3.83. The first-order valence-electron chi connectivity index (χ1n) is 7.36. The molecule has 120 valence electrons. The summed E-state index contributed by atoms with van der Waals surface area (Å²) in [4.78, 5) is 34.2. The van der Waals surface area contributed by atoms with Crippen LogP contribution in [0, 0.1) is 6.92 Å². The molecule has 1 aliphatic heterocycles. The molecule has 0 saturated carbocycles. The second-order valence-corrected chi connectivity index (χ2v) is 6.31. The van der Waals surface area contributed by atoms with E-state index in [-0.39, 0.29) is 23.5 Å². The van der Waals surface area contributed by atoms with E-state index in [9.17, 15) is 9.59 Å². The summed E-state index contributed by atoms with van der Waals surface area (Å²) in [6.45, 7) is 2.63. The predicted molar refractivity (Wildman–Crippen MR) is 86.0 cm³/mol. The third-order valence-corrected chi connectivity index (χ3v) is 4.90. The number of nitrogens with zero attached hydrogens (tertiary/aromatic N) is 3. The molecule has 0 bridgehead atoms. The van der Waals surface area contributed by atoms with Crippen LogP contribution in [0.1, 0.15) is 50.4 Å². The van der Waals surface area contributed by atoms with Crippen LogP contribution in [0.3, 0.4) is 0 Å². The molecule has 1 unspecified atom stereocenters. The van der Waals surface area contributed by atoms with Gasteiger partial charge in [-0.3, -0.25) is 9.59 Å². The largest absolute Gasteiger partial charge is 0.481 e. The molecule has 1 fully saturated rings. The van der Waals surface area contributed by atoms with Gasteiger partial charge in [0, 0.05) is 29.2 Å². The maximum Gasteiger partial charge on any atom is 0.254 e. The molecule has 6 nitrogen and oxygen atoms in total. The average molecular weight is 331 g/mol. The minimum absolute atomic E-state index is 0.0000383. The molecule has 0 spiro atoms. The summed E-state index contributed by atoms with van der Waals surface area (Å²) < 4.78 is 5.07. The van der Waals surface area contributed by atoms with E-state index in [2.05, 4.69) is 9.97 Å².